The van der Waals surface area contributed by atoms with Crippen LogP contribution in [0.5, 0.6) is 0 Å². The molecule has 0 aliphatic carbocycles. The number of nitrogens with one attached hydrogen (secondary N) is 1. The maximum atomic E-state index is 12.4. The number of fused-ring (bicyclic) bond motifs is 1. The van der Waals surface area contributed by atoms with E-state index in [1.807, 2.05) is 6.92 Å². The van der Waals surface area contributed by atoms with Crippen LogP contribution in [0, 0.1) is 0 Å². The number of amides is 3. The number of carbonyl (C=O) groups is 3. The van der Waals surface area contributed by atoms with E-state index < -0.39 is 0 Å². The Bertz CT molecular complexity index is 585. The predicted molar refractivity (Wildman–Crippen MR) is 83.1 cm³/mol. The Kier molecular flexibility index (Phi) is 4.83. The molecule has 1 aromatic rings. The maximum Gasteiger partial charge on any atom is 0.262 e. The van der Waals surface area contributed by atoms with Gasteiger partial charge in [0.05, 0.1) is 11.1 Å². The smallest absolute Gasteiger partial charge is 0.262 e. The molecule has 22 heavy (non-hydrogen) atoms. The van der Waals surface area contributed by atoms with Crippen LogP contribution in [0.3, 0.4) is 0 Å². The van der Waals surface area contributed by atoms with Crippen molar-refractivity contribution in [2.24, 2.45) is 0 Å². The van der Waals surface area contributed by atoms with E-state index in [1.165, 1.54) is 0 Å². The van der Waals surface area contributed by atoms with Crippen molar-refractivity contribution in [3.05, 3.63) is 35.4 Å². The van der Waals surface area contributed by atoms with Crippen molar-refractivity contribution in [2.75, 3.05) is 26.2 Å². The first kappa shape index (κ1) is 16.5. The van der Waals surface area contributed by atoms with Gasteiger partial charge < -0.3 is 10.2 Å². The largest absolute Gasteiger partial charge is 0.336 e. The summed E-state index contributed by atoms with van der Waals surface area (Å²) in [4.78, 5) is 39.6. The highest BCUT2D eigenvalue weighted by molar-refractivity contribution is 6.22. The fraction of sp³-hybridized carbons (Fsp3) is 0.400. The lowest BCUT2D eigenvalue weighted by molar-refractivity contribution is -0.134. The van der Waals surface area contributed by atoms with Crippen LogP contribution in [-0.4, -0.2) is 59.7 Å². The molecule has 0 spiro atoms. The standard InChI is InChI=1S/C15H17N3O3.ClH/c1-10-8-16-6-7-17(10)13(19)9-18-14(20)11-4-2-3-5-12(11)15(18)21;/h2-5,10,16H,6-9H2,1H3;1H. The second-order valence-corrected chi connectivity index (χ2v) is 5.38. The molecule has 0 aromatic heterocycles. The summed E-state index contributed by atoms with van der Waals surface area (Å²) >= 11 is 0. The lowest BCUT2D eigenvalue weighted by atomic mass is 10.1. The molecule has 0 bridgehead atoms. The molecule has 3 rings (SSSR count). The molecule has 6 nitrogen and oxygen atoms in total. The summed E-state index contributed by atoms with van der Waals surface area (Å²) < 4.78 is 0. The molecule has 3 amide bonds. The molecule has 2 aliphatic rings. The number of imide groups is 1. The van der Waals surface area contributed by atoms with Gasteiger partial charge in [-0.15, -0.1) is 12.4 Å². The Balaban J connectivity index is 0.00000176. The van der Waals surface area contributed by atoms with Gasteiger partial charge in [-0.2, -0.15) is 0 Å². The van der Waals surface area contributed by atoms with E-state index in [0.29, 0.717) is 17.7 Å². The summed E-state index contributed by atoms with van der Waals surface area (Å²) in [5.74, 6) is -0.947. The topological polar surface area (TPSA) is 69.7 Å². The molecule has 1 unspecified atom stereocenters. The Morgan fingerprint density at radius 1 is 1.23 bits per heavy atom. The molecular weight excluding hydrogens is 306 g/mol. The van der Waals surface area contributed by atoms with Gasteiger partial charge in [0.2, 0.25) is 5.91 Å². The van der Waals surface area contributed by atoms with Crippen LogP contribution in [0.2, 0.25) is 0 Å². The minimum atomic E-state index is -0.383. The maximum absolute atomic E-state index is 12.4. The van der Waals surface area contributed by atoms with Crippen molar-refractivity contribution in [1.82, 2.24) is 15.1 Å². The molecule has 1 saturated heterocycles. The molecule has 0 saturated carbocycles. The number of benzene rings is 1. The van der Waals surface area contributed by atoms with E-state index in [-0.39, 0.29) is 42.7 Å². The lowest BCUT2D eigenvalue weighted by Gasteiger charge is -2.34. The summed E-state index contributed by atoms with van der Waals surface area (Å²) in [7, 11) is 0. The summed E-state index contributed by atoms with van der Waals surface area (Å²) in [6, 6.07) is 6.74. The molecule has 2 heterocycles. The Morgan fingerprint density at radius 3 is 2.36 bits per heavy atom. The Hall–Kier alpha value is -1.92. The minimum Gasteiger partial charge on any atom is -0.336 e. The van der Waals surface area contributed by atoms with Gasteiger partial charge >= 0.3 is 0 Å². The molecule has 7 heteroatoms. The van der Waals surface area contributed by atoms with Gasteiger partial charge in [0.1, 0.15) is 6.54 Å². The van der Waals surface area contributed by atoms with Crippen LogP contribution in [0.4, 0.5) is 0 Å². The highest BCUT2D eigenvalue weighted by atomic mass is 35.5. The van der Waals surface area contributed by atoms with Gasteiger partial charge in [0.15, 0.2) is 0 Å². The van der Waals surface area contributed by atoms with Gasteiger partial charge in [-0.25, -0.2) is 0 Å². The van der Waals surface area contributed by atoms with E-state index in [4.69, 9.17) is 0 Å². The number of rotatable bonds is 2. The zero-order valence-electron chi connectivity index (χ0n) is 12.2. The fourth-order valence-corrected chi connectivity index (χ4v) is 2.82. The predicted octanol–water partition coefficient (Wildman–Crippen LogP) is 0.525. The first-order chi connectivity index (χ1) is 10.1. The molecule has 1 fully saturated rings. The van der Waals surface area contributed by atoms with Gasteiger partial charge in [-0.3, -0.25) is 19.3 Å². The van der Waals surface area contributed by atoms with E-state index in [1.54, 1.807) is 29.2 Å². The van der Waals surface area contributed by atoms with Crippen LogP contribution in [0.15, 0.2) is 24.3 Å². The molecule has 1 N–H and O–H groups in total. The highest BCUT2D eigenvalue weighted by Gasteiger charge is 2.37. The van der Waals surface area contributed by atoms with Gasteiger partial charge in [0, 0.05) is 25.7 Å². The van der Waals surface area contributed by atoms with E-state index in [9.17, 15) is 14.4 Å². The highest BCUT2D eigenvalue weighted by Crippen LogP contribution is 2.22. The zero-order valence-corrected chi connectivity index (χ0v) is 13.1. The van der Waals surface area contributed by atoms with E-state index >= 15 is 0 Å². The van der Waals surface area contributed by atoms with Crippen molar-refractivity contribution in [3.63, 3.8) is 0 Å². The number of nitrogens with zero attached hydrogens (tertiary/aromatic N) is 2. The van der Waals surface area contributed by atoms with Crippen LogP contribution in [0.25, 0.3) is 0 Å². The average Bonchev–Trinajstić information content (AvgIpc) is 2.73. The van der Waals surface area contributed by atoms with Crippen LogP contribution >= 0.6 is 12.4 Å². The molecular formula is C15H18ClN3O3. The van der Waals surface area contributed by atoms with Crippen molar-refractivity contribution in [3.8, 4) is 0 Å². The van der Waals surface area contributed by atoms with Crippen molar-refractivity contribution in [2.45, 2.75) is 13.0 Å². The third-order valence-electron chi connectivity index (χ3n) is 3.99. The summed E-state index contributed by atoms with van der Waals surface area (Å²) in [6.07, 6.45) is 0. The zero-order chi connectivity index (χ0) is 15.0. The second kappa shape index (κ2) is 6.46. The van der Waals surface area contributed by atoms with Crippen molar-refractivity contribution >= 4 is 30.1 Å². The van der Waals surface area contributed by atoms with Crippen LogP contribution in [0.1, 0.15) is 27.6 Å². The summed E-state index contributed by atoms with van der Waals surface area (Å²) in [5, 5.41) is 3.20. The van der Waals surface area contributed by atoms with E-state index in [2.05, 4.69) is 5.32 Å². The van der Waals surface area contributed by atoms with Crippen molar-refractivity contribution < 1.29 is 14.4 Å². The molecule has 1 aromatic carbocycles. The normalized spacial score (nSPS) is 20.7. The number of hydrogen-bond donors (Lipinski definition) is 1. The van der Waals surface area contributed by atoms with Gasteiger partial charge in [-0.05, 0) is 19.1 Å². The summed E-state index contributed by atoms with van der Waals surface area (Å²) in [5.41, 5.74) is 0.757. The van der Waals surface area contributed by atoms with E-state index in [0.717, 1.165) is 18.0 Å². The number of hydrogen-bond acceptors (Lipinski definition) is 4. The Morgan fingerprint density at radius 2 is 1.82 bits per heavy atom. The third kappa shape index (κ3) is 2.71. The van der Waals surface area contributed by atoms with Gasteiger partial charge in [-0.1, -0.05) is 12.1 Å². The number of piperazine rings is 1. The number of halogens is 1. The lowest BCUT2D eigenvalue weighted by Crippen LogP contribution is -2.55. The fourth-order valence-electron chi connectivity index (χ4n) is 2.82. The van der Waals surface area contributed by atoms with Crippen molar-refractivity contribution in [1.29, 1.82) is 0 Å². The van der Waals surface area contributed by atoms with Gasteiger partial charge in [0.25, 0.3) is 11.8 Å². The molecule has 2 aliphatic heterocycles. The van der Waals surface area contributed by atoms with Crippen LogP contribution in [-0.2, 0) is 4.79 Å². The quantitative estimate of drug-likeness (QED) is 0.806. The monoisotopic (exact) mass is 323 g/mol. The second-order valence-electron chi connectivity index (χ2n) is 5.38. The summed E-state index contributed by atoms with van der Waals surface area (Å²) in [6.45, 7) is 3.83. The first-order valence-corrected chi connectivity index (χ1v) is 7.05. The average molecular weight is 324 g/mol. The molecule has 1 atom stereocenters. The minimum absolute atomic E-state index is 0. The first-order valence-electron chi connectivity index (χ1n) is 7.05. The SMILES string of the molecule is CC1CNCCN1C(=O)CN1C(=O)c2ccccc2C1=O.Cl. The molecule has 0 radical (unpaired) electrons. The Labute approximate surface area is 134 Å². The third-order valence-corrected chi connectivity index (χ3v) is 3.99. The number of carbonyl (C=O) groups excluding carboxylic acids is 3. The van der Waals surface area contributed by atoms with Crippen LogP contribution < -0.4 is 5.32 Å². The molecule has 118 valence electrons.